The maximum absolute atomic E-state index is 13.5. The lowest BCUT2D eigenvalue weighted by atomic mass is 10.0. The molecule has 2 nitrogen and oxygen atoms in total. The molecule has 0 aliphatic carbocycles. The zero-order valence-electron chi connectivity index (χ0n) is 11.4. The van der Waals surface area contributed by atoms with Crippen molar-refractivity contribution in [2.75, 3.05) is 13.7 Å². The van der Waals surface area contributed by atoms with E-state index in [1.165, 1.54) is 16.5 Å². The van der Waals surface area contributed by atoms with E-state index in [0.29, 0.717) is 5.75 Å². The first-order valence-corrected chi connectivity index (χ1v) is 7.16. The predicted molar refractivity (Wildman–Crippen MR) is 77.5 cm³/mol. The molecule has 19 heavy (non-hydrogen) atoms. The number of hydrogen-bond acceptors (Lipinski definition) is 3. The van der Waals surface area contributed by atoms with Gasteiger partial charge in [-0.2, -0.15) is 0 Å². The van der Waals surface area contributed by atoms with Crippen molar-refractivity contribution in [1.82, 2.24) is 5.32 Å². The molecule has 1 unspecified atom stereocenters. The molecular weight excluding hydrogens is 261 g/mol. The summed E-state index contributed by atoms with van der Waals surface area (Å²) >= 11 is 1.68. The van der Waals surface area contributed by atoms with Crippen molar-refractivity contribution in [3.8, 4) is 5.75 Å². The summed E-state index contributed by atoms with van der Waals surface area (Å²) in [5.74, 6) is 0.466. The summed E-state index contributed by atoms with van der Waals surface area (Å²) in [6, 6.07) is 6.70. The van der Waals surface area contributed by atoms with Crippen LogP contribution in [0.4, 0.5) is 4.39 Å². The van der Waals surface area contributed by atoms with Gasteiger partial charge >= 0.3 is 0 Å². The molecule has 1 aromatic heterocycles. The fourth-order valence-corrected chi connectivity index (χ4v) is 3.18. The second kappa shape index (κ2) is 6.17. The summed E-state index contributed by atoms with van der Waals surface area (Å²) in [5.41, 5.74) is 2.05. The van der Waals surface area contributed by atoms with Crippen LogP contribution in [0.15, 0.2) is 29.6 Å². The number of benzene rings is 1. The van der Waals surface area contributed by atoms with Gasteiger partial charge in [0.1, 0.15) is 11.6 Å². The van der Waals surface area contributed by atoms with Gasteiger partial charge < -0.3 is 10.1 Å². The molecule has 2 aromatic rings. The molecule has 4 heteroatoms. The maximum atomic E-state index is 13.5. The van der Waals surface area contributed by atoms with Crippen LogP contribution in [-0.4, -0.2) is 13.7 Å². The monoisotopic (exact) mass is 279 g/mol. The van der Waals surface area contributed by atoms with Crippen molar-refractivity contribution in [2.24, 2.45) is 0 Å². The number of rotatable bonds is 5. The summed E-state index contributed by atoms with van der Waals surface area (Å²) in [7, 11) is 1.61. The number of hydrogen-bond donors (Lipinski definition) is 1. The molecule has 2 rings (SSSR count). The van der Waals surface area contributed by atoms with Gasteiger partial charge in [0.05, 0.1) is 13.2 Å². The number of aryl methyl sites for hydroxylation is 1. The molecule has 0 aliphatic rings. The third-order valence-corrected chi connectivity index (χ3v) is 4.16. The lowest BCUT2D eigenvalue weighted by molar-refractivity contribution is 0.403. The molecule has 0 spiro atoms. The van der Waals surface area contributed by atoms with Crippen LogP contribution in [0, 0.1) is 12.7 Å². The smallest absolute Gasteiger partial charge is 0.124 e. The molecule has 1 N–H and O–H groups in total. The molecule has 1 atom stereocenters. The van der Waals surface area contributed by atoms with E-state index in [2.05, 4.69) is 23.7 Å². The molecule has 0 bridgehead atoms. The quantitative estimate of drug-likeness (QED) is 0.896. The summed E-state index contributed by atoms with van der Waals surface area (Å²) in [4.78, 5) is 1.20. The first-order valence-electron chi connectivity index (χ1n) is 6.28. The largest absolute Gasteiger partial charge is 0.496 e. The Bertz CT molecular complexity index is 553. The Kier molecular flexibility index (Phi) is 4.56. The van der Waals surface area contributed by atoms with Crippen molar-refractivity contribution < 1.29 is 9.13 Å². The van der Waals surface area contributed by atoms with Gasteiger partial charge in [0.15, 0.2) is 0 Å². The molecule has 0 saturated heterocycles. The Hall–Kier alpha value is -1.39. The third kappa shape index (κ3) is 2.96. The summed E-state index contributed by atoms with van der Waals surface area (Å²) in [5, 5.41) is 5.46. The van der Waals surface area contributed by atoms with Crippen molar-refractivity contribution in [3.05, 3.63) is 51.5 Å². The van der Waals surface area contributed by atoms with E-state index in [0.717, 1.165) is 12.1 Å². The highest BCUT2D eigenvalue weighted by Gasteiger charge is 2.20. The molecule has 0 fully saturated rings. The van der Waals surface area contributed by atoms with E-state index in [1.54, 1.807) is 30.6 Å². The Labute approximate surface area is 117 Å². The Balaban J connectivity index is 2.50. The standard InChI is InChI=1S/C15H18FNOS/c1-4-17-14(15-10(2)7-8-19-15)12-9-11(16)5-6-13(12)18-3/h5-9,14,17H,4H2,1-3H3. The second-order valence-electron chi connectivity index (χ2n) is 4.34. The van der Waals surface area contributed by atoms with Gasteiger partial charge in [-0.1, -0.05) is 6.92 Å². The van der Waals surface area contributed by atoms with Gasteiger partial charge in [-0.05, 0) is 48.7 Å². The van der Waals surface area contributed by atoms with E-state index in [-0.39, 0.29) is 11.9 Å². The van der Waals surface area contributed by atoms with Crippen molar-refractivity contribution in [2.45, 2.75) is 19.9 Å². The van der Waals surface area contributed by atoms with Gasteiger partial charge in [0.25, 0.3) is 0 Å². The van der Waals surface area contributed by atoms with Gasteiger partial charge in [-0.25, -0.2) is 4.39 Å². The van der Waals surface area contributed by atoms with Gasteiger partial charge in [-0.15, -0.1) is 11.3 Å². The van der Waals surface area contributed by atoms with Crippen LogP contribution in [0.5, 0.6) is 5.75 Å². The molecule has 102 valence electrons. The number of ether oxygens (including phenoxy) is 1. The van der Waals surface area contributed by atoms with Gasteiger partial charge in [0, 0.05) is 10.4 Å². The van der Waals surface area contributed by atoms with E-state index in [4.69, 9.17) is 4.74 Å². The molecule has 0 radical (unpaired) electrons. The van der Waals surface area contributed by atoms with Crippen LogP contribution in [0.1, 0.15) is 29.0 Å². The van der Waals surface area contributed by atoms with E-state index < -0.39 is 0 Å². The number of thiophene rings is 1. The zero-order valence-corrected chi connectivity index (χ0v) is 12.2. The minimum Gasteiger partial charge on any atom is -0.496 e. The molecule has 0 amide bonds. The Morgan fingerprint density at radius 2 is 2.16 bits per heavy atom. The van der Waals surface area contributed by atoms with E-state index in [9.17, 15) is 4.39 Å². The van der Waals surface area contributed by atoms with Crippen LogP contribution in [0.2, 0.25) is 0 Å². The maximum Gasteiger partial charge on any atom is 0.124 e. The molecule has 1 aromatic carbocycles. The van der Waals surface area contributed by atoms with Gasteiger partial charge in [-0.3, -0.25) is 0 Å². The van der Waals surface area contributed by atoms with E-state index in [1.807, 2.05) is 6.92 Å². The number of methoxy groups -OCH3 is 1. The summed E-state index contributed by atoms with van der Waals surface area (Å²) < 4.78 is 18.9. The molecule has 0 saturated carbocycles. The number of halogens is 1. The molecule has 0 aliphatic heterocycles. The second-order valence-corrected chi connectivity index (χ2v) is 5.29. The molecule has 1 heterocycles. The summed E-state index contributed by atoms with van der Waals surface area (Å²) in [6.45, 7) is 4.92. The van der Waals surface area contributed by atoms with Crippen LogP contribution in [-0.2, 0) is 0 Å². The zero-order chi connectivity index (χ0) is 13.8. The third-order valence-electron chi connectivity index (χ3n) is 3.07. The fraction of sp³-hybridized carbons (Fsp3) is 0.333. The topological polar surface area (TPSA) is 21.3 Å². The normalized spacial score (nSPS) is 12.4. The lowest BCUT2D eigenvalue weighted by Gasteiger charge is -2.20. The Morgan fingerprint density at radius 3 is 2.74 bits per heavy atom. The minimum atomic E-state index is -0.243. The average molecular weight is 279 g/mol. The van der Waals surface area contributed by atoms with Crippen LogP contribution >= 0.6 is 11.3 Å². The SMILES string of the molecule is CCNC(c1cc(F)ccc1OC)c1sccc1C. The van der Waals surface area contributed by atoms with E-state index >= 15 is 0 Å². The average Bonchev–Trinajstić information content (AvgIpc) is 2.82. The minimum absolute atomic E-state index is 0.0318. The highest BCUT2D eigenvalue weighted by Crippen LogP contribution is 2.34. The predicted octanol–water partition coefficient (Wildman–Crippen LogP) is 3.90. The first kappa shape index (κ1) is 14.0. The fourth-order valence-electron chi connectivity index (χ4n) is 2.16. The van der Waals surface area contributed by atoms with Crippen molar-refractivity contribution in [3.63, 3.8) is 0 Å². The Morgan fingerprint density at radius 1 is 1.37 bits per heavy atom. The van der Waals surface area contributed by atoms with Crippen LogP contribution in [0.25, 0.3) is 0 Å². The van der Waals surface area contributed by atoms with Crippen LogP contribution < -0.4 is 10.1 Å². The van der Waals surface area contributed by atoms with Crippen molar-refractivity contribution >= 4 is 11.3 Å². The van der Waals surface area contributed by atoms with Crippen LogP contribution in [0.3, 0.4) is 0 Å². The molecular formula is C15H18FNOS. The highest BCUT2D eigenvalue weighted by molar-refractivity contribution is 7.10. The first-order chi connectivity index (χ1) is 9.17. The van der Waals surface area contributed by atoms with Crippen molar-refractivity contribution in [1.29, 1.82) is 0 Å². The van der Waals surface area contributed by atoms with Gasteiger partial charge in [0.2, 0.25) is 0 Å². The summed E-state index contributed by atoms with van der Waals surface area (Å²) in [6.07, 6.45) is 0. The lowest BCUT2D eigenvalue weighted by Crippen LogP contribution is -2.22. The highest BCUT2D eigenvalue weighted by atomic mass is 32.1. The number of nitrogens with one attached hydrogen (secondary N) is 1.